The van der Waals surface area contributed by atoms with E-state index < -0.39 is 28.9 Å². The summed E-state index contributed by atoms with van der Waals surface area (Å²) < 4.78 is 23.8. The number of carbonyl (C=O) groups excluding carboxylic acids is 2. The van der Waals surface area contributed by atoms with Crippen LogP contribution in [0.2, 0.25) is 0 Å². The molecule has 0 aliphatic carbocycles. The van der Waals surface area contributed by atoms with Crippen molar-refractivity contribution in [1.29, 1.82) is 0 Å². The Kier molecular flexibility index (Phi) is 6.98. The van der Waals surface area contributed by atoms with E-state index in [0.29, 0.717) is 5.56 Å². The number of methoxy groups -OCH3 is 1. The first kappa shape index (κ1) is 22.0. The molecular formula is C20H16FN3O6S. The number of hydrogen-bond donors (Lipinski definition) is 2. The van der Waals surface area contributed by atoms with Crippen LogP contribution >= 0.6 is 11.8 Å². The van der Waals surface area contributed by atoms with Crippen molar-refractivity contribution < 1.29 is 33.4 Å². The average Bonchev–Trinajstić information content (AvgIpc) is 3.07. The zero-order valence-electron chi connectivity index (χ0n) is 16.1. The number of thioether (sulfide) groups is 1. The number of amides is 1. The molecule has 0 unspecified atom stereocenters. The summed E-state index contributed by atoms with van der Waals surface area (Å²) in [5, 5.41) is 18.4. The molecule has 3 rings (SSSR count). The third-order valence-electron chi connectivity index (χ3n) is 3.94. The number of carboxylic acids is 1. The summed E-state index contributed by atoms with van der Waals surface area (Å²) in [6.45, 7) is 0. The molecule has 0 spiro atoms. The number of carbonyl (C=O) groups is 3. The maximum absolute atomic E-state index is 13.3. The van der Waals surface area contributed by atoms with Crippen LogP contribution in [0.4, 0.5) is 4.39 Å². The lowest BCUT2D eigenvalue weighted by Gasteiger charge is -2.09. The van der Waals surface area contributed by atoms with Gasteiger partial charge in [0, 0.05) is 0 Å². The molecule has 0 saturated carbocycles. The van der Waals surface area contributed by atoms with Gasteiger partial charge in [-0.05, 0) is 42.0 Å². The van der Waals surface area contributed by atoms with E-state index >= 15 is 0 Å². The molecular weight excluding hydrogens is 429 g/mol. The lowest BCUT2D eigenvalue weighted by molar-refractivity contribution is -0.138. The van der Waals surface area contributed by atoms with Gasteiger partial charge in [0.1, 0.15) is 11.1 Å². The van der Waals surface area contributed by atoms with Gasteiger partial charge in [-0.1, -0.05) is 17.8 Å². The molecule has 2 aromatic carbocycles. The van der Waals surface area contributed by atoms with Gasteiger partial charge in [-0.15, -0.1) is 5.10 Å². The molecule has 1 aliphatic rings. The minimum Gasteiger partial charge on any atom is -0.493 e. The van der Waals surface area contributed by atoms with Crippen molar-refractivity contribution in [2.24, 2.45) is 10.2 Å². The molecule has 0 radical (unpaired) electrons. The largest absolute Gasteiger partial charge is 0.493 e. The molecule has 9 nitrogen and oxygen atoms in total. The van der Waals surface area contributed by atoms with Gasteiger partial charge in [0.2, 0.25) is 5.91 Å². The average molecular weight is 445 g/mol. The van der Waals surface area contributed by atoms with Crippen LogP contribution in [0.1, 0.15) is 22.3 Å². The summed E-state index contributed by atoms with van der Waals surface area (Å²) >= 11 is 0.984. The Bertz CT molecular complexity index is 1090. The highest BCUT2D eigenvalue weighted by atomic mass is 32.2. The Morgan fingerprint density at radius 1 is 1.26 bits per heavy atom. The predicted octanol–water partition coefficient (Wildman–Crippen LogP) is 2.45. The lowest BCUT2D eigenvalue weighted by atomic mass is 10.2. The van der Waals surface area contributed by atoms with Gasteiger partial charge >= 0.3 is 11.9 Å². The van der Waals surface area contributed by atoms with E-state index in [-0.39, 0.29) is 28.7 Å². The van der Waals surface area contributed by atoms with Crippen LogP contribution in [-0.4, -0.2) is 46.7 Å². The fourth-order valence-corrected chi connectivity index (χ4v) is 3.43. The predicted molar refractivity (Wildman–Crippen MR) is 111 cm³/mol. The van der Waals surface area contributed by atoms with Crippen molar-refractivity contribution in [3.05, 3.63) is 59.4 Å². The van der Waals surface area contributed by atoms with Crippen LogP contribution in [0.15, 0.2) is 52.7 Å². The zero-order valence-corrected chi connectivity index (χ0v) is 16.9. The fourth-order valence-electron chi connectivity index (χ4n) is 2.52. The fraction of sp³-hybridized carbons (Fsp3) is 0.150. The Labute approximate surface area is 180 Å². The van der Waals surface area contributed by atoms with Gasteiger partial charge in [-0.25, -0.2) is 9.18 Å². The first-order valence-electron chi connectivity index (χ1n) is 8.82. The van der Waals surface area contributed by atoms with Crippen LogP contribution in [-0.2, 0) is 9.59 Å². The highest BCUT2D eigenvalue weighted by Crippen LogP contribution is 2.28. The van der Waals surface area contributed by atoms with Gasteiger partial charge in [-0.3, -0.25) is 9.59 Å². The van der Waals surface area contributed by atoms with Crippen molar-refractivity contribution in [3.8, 4) is 11.5 Å². The SMILES string of the molecule is COc1cc(/C=N\N=C2\NC(=O)[C@H](CC(=O)O)S2)ccc1OC(=O)c1cccc(F)c1. The first-order valence-corrected chi connectivity index (χ1v) is 9.70. The maximum Gasteiger partial charge on any atom is 0.343 e. The number of hydrogen-bond acceptors (Lipinski definition) is 8. The van der Waals surface area contributed by atoms with Crippen molar-refractivity contribution in [2.75, 3.05) is 7.11 Å². The third-order valence-corrected chi connectivity index (χ3v) is 5.01. The number of aliphatic carboxylic acids is 1. The van der Waals surface area contributed by atoms with E-state index in [0.717, 1.165) is 17.8 Å². The Morgan fingerprint density at radius 3 is 2.77 bits per heavy atom. The number of carboxylic acid groups (broad SMARTS) is 1. The quantitative estimate of drug-likeness (QED) is 0.290. The normalized spacial score (nSPS) is 17.0. The molecule has 0 aromatic heterocycles. The van der Waals surface area contributed by atoms with Gasteiger partial charge in [0.25, 0.3) is 0 Å². The van der Waals surface area contributed by atoms with Crippen molar-refractivity contribution in [3.63, 3.8) is 0 Å². The lowest BCUT2D eigenvalue weighted by Crippen LogP contribution is -2.26. The van der Waals surface area contributed by atoms with Crippen LogP contribution in [0.25, 0.3) is 0 Å². The van der Waals surface area contributed by atoms with E-state index in [1.165, 1.54) is 37.6 Å². The molecule has 31 heavy (non-hydrogen) atoms. The molecule has 2 N–H and O–H groups in total. The standard InChI is InChI=1S/C20H16FN3O6S/c1-29-15-7-11(10-22-24-20-23-18(27)16(31-20)9-17(25)26)5-6-14(15)30-19(28)12-3-2-4-13(21)8-12/h2-8,10,16H,9H2,1H3,(H,25,26)(H,23,24,27)/b22-10-/t16-/m0/s1. The number of rotatable bonds is 7. The molecule has 160 valence electrons. The Morgan fingerprint density at radius 2 is 2.06 bits per heavy atom. The van der Waals surface area contributed by atoms with Crippen LogP contribution in [0.3, 0.4) is 0 Å². The number of amidine groups is 1. The number of benzene rings is 2. The van der Waals surface area contributed by atoms with Crippen molar-refractivity contribution in [1.82, 2.24) is 5.32 Å². The molecule has 1 fully saturated rings. The van der Waals surface area contributed by atoms with Gasteiger partial charge in [0.15, 0.2) is 16.7 Å². The Hall–Kier alpha value is -3.73. The topological polar surface area (TPSA) is 127 Å². The summed E-state index contributed by atoms with van der Waals surface area (Å²) in [6, 6.07) is 9.74. The second kappa shape index (κ2) is 9.85. The van der Waals surface area contributed by atoms with E-state index in [2.05, 4.69) is 15.5 Å². The summed E-state index contributed by atoms with van der Waals surface area (Å²) in [4.78, 5) is 34.6. The monoisotopic (exact) mass is 445 g/mol. The molecule has 1 aliphatic heterocycles. The van der Waals surface area contributed by atoms with E-state index in [1.54, 1.807) is 12.1 Å². The van der Waals surface area contributed by atoms with Crippen molar-refractivity contribution >= 4 is 41.0 Å². The van der Waals surface area contributed by atoms with E-state index in [9.17, 15) is 18.8 Å². The number of nitrogens with zero attached hydrogens (tertiary/aromatic N) is 2. The smallest absolute Gasteiger partial charge is 0.343 e. The van der Waals surface area contributed by atoms with Crippen LogP contribution in [0.5, 0.6) is 11.5 Å². The van der Waals surface area contributed by atoms with E-state index in [1.807, 2.05) is 0 Å². The van der Waals surface area contributed by atoms with Crippen LogP contribution in [0, 0.1) is 5.82 Å². The third kappa shape index (κ3) is 5.89. The van der Waals surface area contributed by atoms with Crippen molar-refractivity contribution in [2.45, 2.75) is 11.7 Å². The number of ether oxygens (including phenoxy) is 2. The second-order valence-corrected chi connectivity index (χ2v) is 7.34. The summed E-state index contributed by atoms with van der Waals surface area (Å²) in [7, 11) is 1.39. The molecule has 11 heteroatoms. The summed E-state index contributed by atoms with van der Waals surface area (Å²) in [5.74, 6) is -2.44. The molecule has 0 bridgehead atoms. The maximum atomic E-state index is 13.3. The first-order chi connectivity index (χ1) is 14.9. The highest BCUT2D eigenvalue weighted by molar-refractivity contribution is 8.15. The van der Waals surface area contributed by atoms with Crippen LogP contribution < -0.4 is 14.8 Å². The Balaban J connectivity index is 1.68. The van der Waals surface area contributed by atoms with Gasteiger partial charge in [-0.2, -0.15) is 5.10 Å². The van der Waals surface area contributed by atoms with Gasteiger partial charge < -0.3 is 19.9 Å². The zero-order chi connectivity index (χ0) is 22.4. The summed E-state index contributed by atoms with van der Waals surface area (Å²) in [5.41, 5.74) is 0.615. The summed E-state index contributed by atoms with van der Waals surface area (Å²) in [6.07, 6.45) is 1.07. The van der Waals surface area contributed by atoms with Gasteiger partial charge in [0.05, 0.1) is 25.3 Å². The molecule has 1 heterocycles. The molecule has 1 saturated heterocycles. The minimum absolute atomic E-state index is 0.0563. The number of esters is 1. The highest BCUT2D eigenvalue weighted by Gasteiger charge is 2.32. The van der Waals surface area contributed by atoms with E-state index in [4.69, 9.17) is 14.6 Å². The minimum atomic E-state index is -1.08. The molecule has 2 aromatic rings. The number of halogens is 1. The molecule has 1 atom stereocenters. The molecule has 1 amide bonds. The number of nitrogens with one attached hydrogen (secondary N) is 1. The second-order valence-electron chi connectivity index (χ2n) is 6.15.